The Labute approximate surface area is 117 Å². The lowest BCUT2D eigenvalue weighted by Gasteiger charge is -2.12. The number of benzene rings is 1. The number of aromatic nitrogens is 4. The van der Waals surface area contributed by atoms with Crippen molar-refractivity contribution in [1.29, 1.82) is 0 Å². The summed E-state index contributed by atoms with van der Waals surface area (Å²) in [6, 6.07) is 5.74. The van der Waals surface area contributed by atoms with Gasteiger partial charge < -0.3 is 9.30 Å². The van der Waals surface area contributed by atoms with Crippen LogP contribution in [0.2, 0.25) is 0 Å². The van der Waals surface area contributed by atoms with Crippen molar-refractivity contribution in [3.05, 3.63) is 36.8 Å². The maximum absolute atomic E-state index is 12.4. The van der Waals surface area contributed by atoms with Gasteiger partial charge in [0.25, 0.3) is 0 Å². The van der Waals surface area contributed by atoms with E-state index >= 15 is 0 Å². The summed E-state index contributed by atoms with van der Waals surface area (Å²) in [4.78, 5) is 12.3. The zero-order valence-electron chi connectivity index (χ0n) is 10.8. The molecule has 5 nitrogen and oxygen atoms in total. The van der Waals surface area contributed by atoms with Crippen molar-refractivity contribution < 1.29 is 17.9 Å². The number of hydrogen-bond acceptors (Lipinski definition) is 4. The molecule has 8 heteroatoms. The van der Waals surface area contributed by atoms with Gasteiger partial charge in [-0.05, 0) is 12.1 Å². The molecule has 0 radical (unpaired) electrons. The van der Waals surface area contributed by atoms with Gasteiger partial charge in [0.15, 0.2) is 11.5 Å². The molecule has 108 valence electrons. The van der Waals surface area contributed by atoms with Gasteiger partial charge in [-0.15, -0.1) is 13.2 Å². The molecule has 0 aliphatic heterocycles. The number of imidazole rings is 1. The van der Waals surface area contributed by atoms with Crippen LogP contribution in [0, 0.1) is 0 Å². The van der Waals surface area contributed by atoms with Gasteiger partial charge in [-0.2, -0.15) is 0 Å². The minimum Gasteiger partial charge on any atom is -0.405 e. The second-order valence-electron chi connectivity index (χ2n) is 4.30. The maximum Gasteiger partial charge on any atom is 0.573 e. The number of hydrogen-bond donors (Lipinski definition) is 0. The number of alkyl halides is 3. The number of aryl methyl sites for hydroxylation is 1. The molecule has 2 aromatic heterocycles. The van der Waals surface area contributed by atoms with Gasteiger partial charge in [-0.3, -0.25) is 0 Å². The molecule has 0 bridgehead atoms. The molecule has 3 rings (SSSR count). The van der Waals surface area contributed by atoms with E-state index in [0.29, 0.717) is 11.2 Å². The van der Waals surface area contributed by atoms with Crippen LogP contribution in [-0.4, -0.2) is 25.9 Å². The second-order valence-corrected chi connectivity index (χ2v) is 4.30. The van der Waals surface area contributed by atoms with Crippen LogP contribution in [0.4, 0.5) is 13.2 Å². The van der Waals surface area contributed by atoms with Crippen LogP contribution in [-0.2, 0) is 7.05 Å². The Morgan fingerprint density at radius 2 is 1.90 bits per heavy atom. The molecule has 0 N–H and O–H groups in total. The SMILES string of the molecule is Cn1cnc2cnc(-c3ccccc3OC(F)(F)F)nc21. The standard InChI is InChI=1S/C13H9F3N4O/c1-20-7-18-9-6-17-11(19-12(9)20)8-4-2-3-5-10(8)21-13(14,15)16/h2-7H,1H3. The Hall–Kier alpha value is -2.64. The molecule has 0 aliphatic carbocycles. The van der Waals surface area contributed by atoms with Crippen molar-refractivity contribution in [2.75, 3.05) is 0 Å². The quantitative estimate of drug-likeness (QED) is 0.729. The first-order chi connectivity index (χ1) is 9.94. The summed E-state index contributed by atoms with van der Waals surface area (Å²) < 4.78 is 43.0. The molecule has 21 heavy (non-hydrogen) atoms. The number of nitrogens with zero attached hydrogens (tertiary/aromatic N) is 4. The van der Waals surface area contributed by atoms with Gasteiger partial charge in [0.2, 0.25) is 0 Å². The van der Waals surface area contributed by atoms with Crippen molar-refractivity contribution >= 4 is 11.2 Å². The number of para-hydroxylation sites is 1. The molecule has 0 unspecified atom stereocenters. The molecule has 2 heterocycles. The maximum atomic E-state index is 12.4. The van der Waals surface area contributed by atoms with E-state index in [4.69, 9.17) is 0 Å². The smallest absolute Gasteiger partial charge is 0.405 e. The highest BCUT2D eigenvalue weighted by Gasteiger charge is 2.32. The summed E-state index contributed by atoms with van der Waals surface area (Å²) in [6.07, 6.45) is -1.75. The molecule has 0 saturated heterocycles. The van der Waals surface area contributed by atoms with E-state index in [2.05, 4.69) is 19.7 Å². The molecule has 0 amide bonds. The van der Waals surface area contributed by atoms with Gasteiger partial charge in [0.1, 0.15) is 11.3 Å². The molecule has 0 spiro atoms. The first kappa shape index (κ1) is 13.3. The number of halogens is 3. The number of rotatable bonds is 2. The highest BCUT2D eigenvalue weighted by Crippen LogP contribution is 2.32. The van der Waals surface area contributed by atoms with Gasteiger partial charge >= 0.3 is 6.36 Å². The molecule has 0 fully saturated rings. The Balaban J connectivity index is 2.11. The van der Waals surface area contributed by atoms with Crippen molar-refractivity contribution in [2.24, 2.45) is 7.05 Å². The summed E-state index contributed by atoms with van der Waals surface area (Å²) in [7, 11) is 1.74. The van der Waals surface area contributed by atoms with Crippen LogP contribution >= 0.6 is 0 Å². The lowest BCUT2D eigenvalue weighted by Crippen LogP contribution is -2.17. The Morgan fingerprint density at radius 3 is 2.67 bits per heavy atom. The third kappa shape index (κ3) is 2.64. The summed E-state index contributed by atoms with van der Waals surface area (Å²) in [5.74, 6) is -0.197. The molecule has 3 aromatic rings. The van der Waals surface area contributed by atoms with Crippen LogP contribution in [0.15, 0.2) is 36.8 Å². The summed E-state index contributed by atoms with van der Waals surface area (Å²) >= 11 is 0. The van der Waals surface area contributed by atoms with Gasteiger partial charge in [0, 0.05) is 7.05 Å². The number of ether oxygens (including phenoxy) is 1. The van der Waals surface area contributed by atoms with Crippen LogP contribution < -0.4 is 4.74 Å². The van der Waals surface area contributed by atoms with E-state index in [1.807, 2.05) is 0 Å². The largest absolute Gasteiger partial charge is 0.573 e. The first-order valence-electron chi connectivity index (χ1n) is 5.93. The first-order valence-corrected chi connectivity index (χ1v) is 5.93. The minimum absolute atomic E-state index is 0.144. The van der Waals surface area contributed by atoms with Gasteiger partial charge in [-0.25, -0.2) is 15.0 Å². The van der Waals surface area contributed by atoms with Gasteiger partial charge in [-0.1, -0.05) is 12.1 Å². The predicted octanol–water partition coefficient (Wildman–Crippen LogP) is 2.93. The summed E-state index contributed by atoms with van der Waals surface area (Å²) in [5.41, 5.74) is 1.26. The summed E-state index contributed by atoms with van der Waals surface area (Å²) in [5, 5.41) is 0. The second kappa shape index (κ2) is 4.72. The van der Waals surface area contributed by atoms with E-state index in [9.17, 15) is 13.2 Å². The Morgan fingerprint density at radius 1 is 1.14 bits per heavy atom. The third-order valence-electron chi connectivity index (χ3n) is 2.81. The van der Waals surface area contributed by atoms with E-state index in [0.717, 1.165) is 0 Å². The fourth-order valence-electron chi connectivity index (χ4n) is 1.92. The zero-order valence-corrected chi connectivity index (χ0v) is 10.8. The van der Waals surface area contributed by atoms with Crippen molar-refractivity contribution in [3.8, 4) is 17.1 Å². The lowest BCUT2D eigenvalue weighted by atomic mass is 10.2. The van der Waals surface area contributed by atoms with Crippen molar-refractivity contribution in [1.82, 2.24) is 19.5 Å². The predicted molar refractivity (Wildman–Crippen MR) is 68.4 cm³/mol. The molecular weight excluding hydrogens is 285 g/mol. The average Bonchev–Trinajstić information content (AvgIpc) is 2.79. The van der Waals surface area contributed by atoms with E-state index < -0.39 is 6.36 Å². The van der Waals surface area contributed by atoms with E-state index in [1.54, 1.807) is 24.0 Å². The zero-order chi connectivity index (χ0) is 15.0. The highest BCUT2D eigenvalue weighted by atomic mass is 19.4. The molecular formula is C13H9F3N4O. The van der Waals surface area contributed by atoms with Crippen LogP contribution in [0.1, 0.15) is 0 Å². The molecule has 0 aliphatic rings. The summed E-state index contributed by atoms with van der Waals surface area (Å²) in [6.45, 7) is 0. The molecule has 0 atom stereocenters. The van der Waals surface area contributed by atoms with Crippen LogP contribution in [0.25, 0.3) is 22.6 Å². The fourth-order valence-corrected chi connectivity index (χ4v) is 1.92. The molecule has 1 aromatic carbocycles. The van der Waals surface area contributed by atoms with Crippen molar-refractivity contribution in [3.63, 3.8) is 0 Å². The van der Waals surface area contributed by atoms with E-state index in [-0.39, 0.29) is 17.1 Å². The fraction of sp³-hybridized carbons (Fsp3) is 0.154. The third-order valence-corrected chi connectivity index (χ3v) is 2.81. The van der Waals surface area contributed by atoms with Crippen LogP contribution in [0.5, 0.6) is 5.75 Å². The average molecular weight is 294 g/mol. The number of fused-ring (bicyclic) bond motifs is 1. The van der Waals surface area contributed by atoms with Crippen molar-refractivity contribution in [2.45, 2.75) is 6.36 Å². The topological polar surface area (TPSA) is 52.8 Å². The Kier molecular flexibility index (Phi) is 3.00. The normalized spacial score (nSPS) is 11.8. The lowest BCUT2D eigenvalue weighted by molar-refractivity contribution is -0.274. The van der Waals surface area contributed by atoms with E-state index in [1.165, 1.54) is 24.4 Å². The van der Waals surface area contributed by atoms with Crippen LogP contribution in [0.3, 0.4) is 0 Å². The monoisotopic (exact) mass is 294 g/mol. The molecule has 0 saturated carbocycles. The minimum atomic E-state index is -4.77. The Bertz CT molecular complexity index is 797. The highest BCUT2D eigenvalue weighted by molar-refractivity contribution is 5.74. The van der Waals surface area contributed by atoms with Gasteiger partial charge in [0.05, 0.1) is 18.1 Å².